The fourth-order valence-corrected chi connectivity index (χ4v) is 3.89. The molecule has 2 aromatic carbocycles. The Kier molecular flexibility index (Phi) is 8.64. The second kappa shape index (κ2) is 11.7. The minimum absolute atomic E-state index is 0.0998. The van der Waals surface area contributed by atoms with Crippen molar-refractivity contribution in [3.05, 3.63) is 42.5 Å². The van der Waals surface area contributed by atoms with Gasteiger partial charge in [-0.2, -0.15) is 0 Å². The van der Waals surface area contributed by atoms with Crippen LogP contribution in [0.3, 0.4) is 0 Å². The Morgan fingerprint density at radius 1 is 0.686 bits per heavy atom. The van der Waals surface area contributed by atoms with E-state index in [9.17, 15) is 19.2 Å². The SMILES string of the molecule is CC(=O)OC[C@H]1O[C@@H](COc2ccc3ccccc3c2)[C@H](OC(C)=O)[C@@H](OC(C)=O)[C@@H]1OC(C)=O. The summed E-state index contributed by atoms with van der Waals surface area (Å²) in [4.78, 5) is 47.0. The van der Waals surface area contributed by atoms with Crippen LogP contribution in [-0.4, -0.2) is 67.6 Å². The van der Waals surface area contributed by atoms with Crippen LogP contribution in [0.5, 0.6) is 5.75 Å². The number of hydrogen-bond acceptors (Lipinski definition) is 10. The molecule has 0 aromatic heterocycles. The van der Waals surface area contributed by atoms with E-state index in [0.29, 0.717) is 5.75 Å². The number of fused-ring (bicyclic) bond motifs is 1. The van der Waals surface area contributed by atoms with Crippen LogP contribution in [0.25, 0.3) is 10.8 Å². The minimum Gasteiger partial charge on any atom is -0.491 e. The van der Waals surface area contributed by atoms with Gasteiger partial charge in [0, 0.05) is 27.7 Å². The van der Waals surface area contributed by atoms with E-state index in [1.54, 1.807) is 6.07 Å². The maximum atomic E-state index is 11.9. The van der Waals surface area contributed by atoms with E-state index in [1.807, 2.05) is 36.4 Å². The van der Waals surface area contributed by atoms with E-state index in [1.165, 1.54) is 27.7 Å². The molecule has 0 bridgehead atoms. The molecule has 10 nitrogen and oxygen atoms in total. The Bertz CT molecular complexity index is 1080. The predicted octanol–water partition coefficient (Wildman–Crippen LogP) is 2.34. The third-order valence-electron chi connectivity index (χ3n) is 5.22. The van der Waals surface area contributed by atoms with E-state index in [4.69, 9.17) is 28.4 Å². The second-order valence-corrected chi connectivity index (χ2v) is 8.06. The summed E-state index contributed by atoms with van der Waals surface area (Å²) in [5.74, 6) is -2.07. The van der Waals surface area contributed by atoms with Crippen LogP contribution in [0.4, 0.5) is 0 Å². The number of carbonyl (C=O) groups is 4. The fourth-order valence-electron chi connectivity index (χ4n) is 3.89. The first-order valence-electron chi connectivity index (χ1n) is 11.1. The molecule has 1 aliphatic rings. The van der Waals surface area contributed by atoms with E-state index in [2.05, 4.69) is 0 Å². The van der Waals surface area contributed by atoms with E-state index < -0.39 is 54.4 Å². The molecule has 1 saturated heterocycles. The summed E-state index contributed by atoms with van der Waals surface area (Å²) in [7, 11) is 0. The van der Waals surface area contributed by atoms with Crippen molar-refractivity contribution in [3.63, 3.8) is 0 Å². The lowest BCUT2D eigenvalue weighted by atomic mass is 9.94. The molecule has 0 N–H and O–H groups in total. The lowest BCUT2D eigenvalue weighted by Gasteiger charge is -2.44. The Hall–Kier alpha value is -3.66. The van der Waals surface area contributed by atoms with Crippen LogP contribution in [0.2, 0.25) is 0 Å². The highest BCUT2D eigenvalue weighted by Gasteiger charge is 2.52. The molecule has 0 amide bonds. The molecular formula is C25H28O10. The van der Waals surface area contributed by atoms with Crippen molar-refractivity contribution in [2.45, 2.75) is 58.2 Å². The Morgan fingerprint density at radius 2 is 1.23 bits per heavy atom. The van der Waals surface area contributed by atoms with Gasteiger partial charge in [-0.25, -0.2) is 0 Å². The Balaban J connectivity index is 1.90. The molecule has 1 aliphatic heterocycles. The summed E-state index contributed by atoms with van der Waals surface area (Å²) < 4.78 is 33.3. The lowest BCUT2D eigenvalue weighted by molar-refractivity contribution is -0.255. The zero-order valence-corrected chi connectivity index (χ0v) is 19.9. The average molecular weight is 488 g/mol. The molecule has 5 atom stereocenters. The fraction of sp³-hybridized carbons (Fsp3) is 0.440. The van der Waals surface area contributed by atoms with Gasteiger partial charge in [-0.05, 0) is 22.9 Å². The number of ether oxygens (including phenoxy) is 6. The largest absolute Gasteiger partial charge is 0.491 e. The van der Waals surface area contributed by atoms with Gasteiger partial charge >= 0.3 is 23.9 Å². The number of benzene rings is 2. The summed E-state index contributed by atoms with van der Waals surface area (Å²) in [6.07, 6.45) is -5.53. The van der Waals surface area contributed by atoms with Crippen molar-refractivity contribution < 1.29 is 47.6 Å². The maximum absolute atomic E-state index is 11.9. The molecule has 1 heterocycles. The monoisotopic (exact) mass is 488 g/mol. The van der Waals surface area contributed by atoms with Gasteiger partial charge < -0.3 is 28.4 Å². The van der Waals surface area contributed by atoms with Crippen LogP contribution in [0.1, 0.15) is 27.7 Å². The second-order valence-electron chi connectivity index (χ2n) is 8.06. The third kappa shape index (κ3) is 7.16. The first-order valence-corrected chi connectivity index (χ1v) is 11.1. The van der Waals surface area contributed by atoms with Gasteiger partial charge in [-0.1, -0.05) is 30.3 Å². The van der Waals surface area contributed by atoms with Crippen molar-refractivity contribution in [3.8, 4) is 5.75 Å². The van der Waals surface area contributed by atoms with Crippen molar-refractivity contribution >= 4 is 34.6 Å². The first kappa shape index (κ1) is 26.0. The van der Waals surface area contributed by atoms with Gasteiger partial charge in [0.15, 0.2) is 18.3 Å². The lowest BCUT2D eigenvalue weighted by Crippen LogP contribution is -2.63. The molecule has 2 aromatic rings. The molecule has 0 aliphatic carbocycles. The third-order valence-corrected chi connectivity index (χ3v) is 5.22. The first-order chi connectivity index (χ1) is 16.6. The smallest absolute Gasteiger partial charge is 0.303 e. The Morgan fingerprint density at radius 3 is 1.80 bits per heavy atom. The highest BCUT2D eigenvalue weighted by Crippen LogP contribution is 2.30. The van der Waals surface area contributed by atoms with Gasteiger partial charge in [0.25, 0.3) is 0 Å². The predicted molar refractivity (Wildman–Crippen MR) is 121 cm³/mol. The van der Waals surface area contributed by atoms with Crippen molar-refractivity contribution in [2.24, 2.45) is 0 Å². The topological polar surface area (TPSA) is 124 Å². The standard InChI is InChI=1S/C25H28O10/c1-14(26)30-12-21-23(32-15(2)27)25(34-17(4)29)24(33-16(3)28)22(35-21)13-31-20-10-9-18-7-5-6-8-19(18)11-20/h5-11,21-25H,12-13H2,1-4H3/t21-,22+,23-,24+,25+/m1/s1. The van der Waals surface area contributed by atoms with Crippen LogP contribution in [-0.2, 0) is 42.9 Å². The maximum Gasteiger partial charge on any atom is 0.303 e. The number of rotatable bonds is 8. The van der Waals surface area contributed by atoms with Crippen LogP contribution < -0.4 is 4.74 Å². The zero-order valence-electron chi connectivity index (χ0n) is 19.9. The van der Waals surface area contributed by atoms with Crippen molar-refractivity contribution in [2.75, 3.05) is 13.2 Å². The quantitative estimate of drug-likeness (QED) is 0.404. The summed E-state index contributed by atoms with van der Waals surface area (Å²) >= 11 is 0. The molecule has 0 spiro atoms. The summed E-state index contributed by atoms with van der Waals surface area (Å²) in [6, 6.07) is 13.3. The summed E-state index contributed by atoms with van der Waals surface area (Å²) in [5.41, 5.74) is 0. The average Bonchev–Trinajstić information content (AvgIpc) is 2.78. The van der Waals surface area contributed by atoms with Gasteiger partial charge in [0.2, 0.25) is 0 Å². The van der Waals surface area contributed by atoms with Gasteiger partial charge in [0.05, 0.1) is 0 Å². The summed E-state index contributed by atoms with van der Waals surface area (Å²) in [6.45, 7) is 4.37. The molecular weight excluding hydrogens is 460 g/mol. The van der Waals surface area contributed by atoms with E-state index in [0.717, 1.165) is 10.8 Å². The summed E-state index contributed by atoms with van der Waals surface area (Å²) in [5, 5.41) is 2.00. The van der Waals surface area contributed by atoms with Crippen LogP contribution >= 0.6 is 0 Å². The number of hydrogen-bond donors (Lipinski definition) is 0. The molecule has 3 rings (SSSR count). The molecule has 0 saturated carbocycles. The highest BCUT2D eigenvalue weighted by molar-refractivity contribution is 5.83. The van der Waals surface area contributed by atoms with Crippen molar-refractivity contribution in [1.82, 2.24) is 0 Å². The number of carbonyl (C=O) groups excluding carboxylic acids is 4. The Labute approximate surface area is 202 Å². The normalized spacial score (nSPS) is 23.7. The van der Waals surface area contributed by atoms with Gasteiger partial charge in [-0.3, -0.25) is 19.2 Å². The van der Waals surface area contributed by atoms with Gasteiger partial charge in [-0.15, -0.1) is 0 Å². The molecule has 0 radical (unpaired) electrons. The molecule has 0 unspecified atom stereocenters. The van der Waals surface area contributed by atoms with Crippen LogP contribution in [0.15, 0.2) is 42.5 Å². The van der Waals surface area contributed by atoms with E-state index >= 15 is 0 Å². The van der Waals surface area contributed by atoms with E-state index in [-0.39, 0.29) is 13.2 Å². The molecule has 35 heavy (non-hydrogen) atoms. The van der Waals surface area contributed by atoms with Crippen molar-refractivity contribution in [1.29, 1.82) is 0 Å². The number of esters is 4. The molecule has 10 heteroatoms. The minimum atomic E-state index is -1.22. The van der Waals surface area contributed by atoms with Gasteiger partial charge in [0.1, 0.15) is 31.2 Å². The molecule has 188 valence electrons. The zero-order chi connectivity index (χ0) is 25.5. The van der Waals surface area contributed by atoms with Crippen LogP contribution in [0, 0.1) is 0 Å². The molecule has 1 fully saturated rings. The highest BCUT2D eigenvalue weighted by atomic mass is 16.7.